The van der Waals surface area contributed by atoms with E-state index in [0.29, 0.717) is 22.8 Å². The molecule has 1 aromatic heterocycles. The summed E-state index contributed by atoms with van der Waals surface area (Å²) in [7, 11) is 3.25. The summed E-state index contributed by atoms with van der Waals surface area (Å²) in [5.41, 5.74) is 7.88. The van der Waals surface area contributed by atoms with Crippen molar-refractivity contribution < 1.29 is 9.13 Å². The quantitative estimate of drug-likeness (QED) is 0.867. The lowest BCUT2D eigenvalue weighted by Crippen LogP contribution is -1.97. The highest BCUT2D eigenvalue weighted by molar-refractivity contribution is 5.68. The second kappa shape index (κ2) is 4.08. The predicted molar refractivity (Wildman–Crippen MR) is 64.3 cm³/mol. The van der Waals surface area contributed by atoms with Gasteiger partial charge in [0.1, 0.15) is 17.4 Å². The summed E-state index contributed by atoms with van der Waals surface area (Å²) in [5.74, 6) is 0.679. The molecular weight excluding hydrogens is 221 g/mol. The number of nitrogen functional groups attached to an aromatic ring is 1. The number of anilines is 1. The zero-order valence-electron chi connectivity index (χ0n) is 9.99. The molecule has 0 unspecified atom stereocenters. The fourth-order valence-electron chi connectivity index (χ4n) is 1.75. The Kier molecular flexibility index (Phi) is 2.75. The van der Waals surface area contributed by atoms with Crippen LogP contribution in [0.4, 0.5) is 10.2 Å². The predicted octanol–water partition coefficient (Wildman–Crippen LogP) is 2.13. The van der Waals surface area contributed by atoms with E-state index in [1.54, 1.807) is 17.8 Å². The van der Waals surface area contributed by atoms with Crippen molar-refractivity contribution in [3.05, 3.63) is 29.6 Å². The van der Waals surface area contributed by atoms with Gasteiger partial charge in [0.05, 0.1) is 12.8 Å². The Morgan fingerprint density at radius 1 is 1.35 bits per heavy atom. The molecule has 90 valence electrons. The lowest BCUT2D eigenvalue weighted by molar-refractivity contribution is 0.408. The van der Waals surface area contributed by atoms with E-state index in [4.69, 9.17) is 10.5 Å². The summed E-state index contributed by atoms with van der Waals surface area (Å²) in [5, 5.41) is 4.23. The van der Waals surface area contributed by atoms with Crippen molar-refractivity contribution in [2.24, 2.45) is 7.05 Å². The minimum absolute atomic E-state index is 0.355. The van der Waals surface area contributed by atoms with Crippen LogP contribution in [0.1, 0.15) is 5.56 Å². The molecule has 5 heteroatoms. The molecule has 17 heavy (non-hydrogen) atoms. The minimum Gasteiger partial charge on any atom is -0.496 e. The zero-order valence-corrected chi connectivity index (χ0v) is 9.99. The summed E-state index contributed by atoms with van der Waals surface area (Å²) < 4.78 is 20.1. The van der Waals surface area contributed by atoms with Gasteiger partial charge in [0.15, 0.2) is 0 Å². The van der Waals surface area contributed by atoms with Gasteiger partial charge in [0.25, 0.3) is 0 Å². The molecule has 0 fully saturated rings. The highest BCUT2D eigenvalue weighted by Gasteiger charge is 2.13. The molecule has 2 rings (SSSR count). The van der Waals surface area contributed by atoms with Crippen molar-refractivity contribution in [3.63, 3.8) is 0 Å². The third-order valence-corrected chi connectivity index (χ3v) is 2.74. The zero-order chi connectivity index (χ0) is 12.6. The molecule has 0 bridgehead atoms. The minimum atomic E-state index is -0.355. The number of nitrogens with zero attached hydrogens (tertiary/aromatic N) is 2. The number of ether oxygens (including phenoxy) is 1. The SMILES string of the molecule is COc1cc(F)cc(-c2cc(N)n(C)n2)c1C. The van der Waals surface area contributed by atoms with E-state index in [1.165, 1.54) is 19.2 Å². The molecule has 0 aliphatic rings. The molecule has 0 aliphatic carbocycles. The van der Waals surface area contributed by atoms with Gasteiger partial charge in [-0.05, 0) is 13.0 Å². The topological polar surface area (TPSA) is 53.1 Å². The Balaban J connectivity index is 2.62. The first-order chi connectivity index (χ1) is 8.02. The van der Waals surface area contributed by atoms with Crippen molar-refractivity contribution in [2.45, 2.75) is 6.92 Å². The molecule has 2 N–H and O–H groups in total. The number of halogens is 1. The summed E-state index contributed by atoms with van der Waals surface area (Å²) in [6.45, 7) is 1.86. The number of benzene rings is 1. The largest absolute Gasteiger partial charge is 0.496 e. The molecule has 0 atom stereocenters. The van der Waals surface area contributed by atoms with Gasteiger partial charge in [0.2, 0.25) is 0 Å². The van der Waals surface area contributed by atoms with Crippen molar-refractivity contribution in [1.82, 2.24) is 9.78 Å². The van der Waals surface area contributed by atoms with E-state index in [0.717, 1.165) is 5.56 Å². The molecule has 1 heterocycles. The second-order valence-corrected chi connectivity index (χ2v) is 3.86. The van der Waals surface area contributed by atoms with Crippen LogP contribution in [0.25, 0.3) is 11.3 Å². The van der Waals surface area contributed by atoms with Gasteiger partial charge in [-0.1, -0.05) is 0 Å². The number of hydrogen-bond donors (Lipinski definition) is 1. The highest BCUT2D eigenvalue weighted by Crippen LogP contribution is 2.31. The fraction of sp³-hybridized carbons (Fsp3) is 0.250. The van der Waals surface area contributed by atoms with E-state index in [2.05, 4.69) is 5.10 Å². The Bertz CT molecular complexity index is 544. The van der Waals surface area contributed by atoms with Gasteiger partial charge in [-0.25, -0.2) is 4.39 Å². The third-order valence-electron chi connectivity index (χ3n) is 2.74. The molecule has 4 nitrogen and oxygen atoms in total. The van der Waals surface area contributed by atoms with Crippen LogP contribution in [0.5, 0.6) is 5.75 Å². The van der Waals surface area contributed by atoms with Gasteiger partial charge in [-0.2, -0.15) is 5.10 Å². The summed E-state index contributed by atoms with van der Waals surface area (Å²) in [4.78, 5) is 0. The van der Waals surface area contributed by atoms with Crippen LogP contribution in [0.2, 0.25) is 0 Å². The molecule has 0 radical (unpaired) electrons. The first-order valence-corrected chi connectivity index (χ1v) is 5.17. The first kappa shape index (κ1) is 11.4. The van der Waals surface area contributed by atoms with Gasteiger partial charge in [-0.3, -0.25) is 4.68 Å². The Morgan fingerprint density at radius 2 is 2.06 bits per heavy atom. The van der Waals surface area contributed by atoms with Gasteiger partial charge in [0, 0.05) is 30.3 Å². The van der Waals surface area contributed by atoms with E-state index < -0.39 is 0 Å². The molecular formula is C12H14FN3O. The first-order valence-electron chi connectivity index (χ1n) is 5.17. The number of nitrogens with two attached hydrogens (primary N) is 1. The van der Waals surface area contributed by atoms with Crippen LogP contribution < -0.4 is 10.5 Å². The van der Waals surface area contributed by atoms with Crippen molar-refractivity contribution in [2.75, 3.05) is 12.8 Å². The lowest BCUT2D eigenvalue weighted by Gasteiger charge is -2.08. The Morgan fingerprint density at radius 3 is 2.59 bits per heavy atom. The van der Waals surface area contributed by atoms with Gasteiger partial charge >= 0.3 is 0 Å². The average molecular weight is 235 g/mol. The van der Waals surface area contributed by atoms with Crippen LogP contribution in [0, 0.1) is 12.7 Å². The smallest absolute Gasteiger partial charge is 0.127 e. The molecule has 0 amide bonds. The highest BCUT2D eigenvalue weighted by atomic mass is 19.1. The average Bonchev–Trinajstić information content (AvgIpc) is 2.62. The molecule has 0 spiro atoms. The van der Waals surface area contributed by atoms with E-state index in [-0.39, 0.29) is 5.82 Å². The van der Waals surface area contributed by atoms with Crippen molar-refractivity contribution >= 4 is 5.82 Å². The third kappa shape index (κ3) is 1.95. The molecule has 0 saturated carbocycles. The molecule has 2 aromatic rings. The van der Waals surface area contributed by atoms with Crippen molar-refractivity contribution in [1.29, 1.82) is 0 Å². The van der Waals surface area contributed by atoms with Gasteiger partial charge < -0.3 is 10.5 Å². The van der Waals surface area contributed by atoms with Crippen LogP contribution in [-0.4, -0.2) is 16.9 Å². The summed E-state index contributed by atoms with van der Waals surface area (Å²) in [6.07, 6.45) is 0. The van der Waals surface area contributed by atoms with E-state index in [9.17, 15) is 4.39 Å². The number of aryl methyl sites for hydroxylation is 1. The van der Waals surface area contributed by atoms with E-state index in [1.807, 2.05) is 6.92 Å². The van der Waals surface area contributed by atoms with Gasteiger partial charge in [-0.15, -0.1) is 0 Å². The lowest BCUT2D eigenvalue weighted by atomic mass is 10.0. The second-order valence-electron chi connectivity index (χ2n) is 3.86. The maximum absolute atomic E-state index is 13.4. The number of methoxy groups -OCH3 is 1. The van der Waals surface area contributed by atoms with Crippen LogP contribution >= 0.6 is 0 Å². The fourth-order valence-corrected chi connectivity index (χ4v) is 1.75. The Hall–Kier alpha value is -2.04. The standard InChI is InChI=1S/C12H14FN3O/c1-7-9(4-8(13)5-11(7)17-3)10-6-12(14)16(2)15-10/h4-6H,14H2,1-3H3. The normalized spacial score (nSPS) is 10.6. The maximum atomic E-state index is 13.4. The summed E-state index contributed by atoms with van der Waals surface area (Å²) in [6, 6.07) is 4.49. The van der Waals surface area contributed by atoms with Crippen LogP contribution in [-0.2, 0) is 7.05 Å². The van der Waals surface area contributed by atoms with Crippen LogP contribution in [0.15, 0.2) is 18.2 Å². The van der Waals surface area contributed by atoms with Crippen LogP contribution in [0.3, 0.4) is 0 Å². The number of hydrogen-bond acceptors (Lipinski definition) is 3. The maximum Gasteiger partial charge on any atom is 0.127 e. The molecule has 0 saturated heterocycles. The van der Waals surface area contributed by atoms with E-state index >= 15 is 0 Å². The Labute approximate surface area is 98.8 Å². The van der Waals surface area contributed by atoms with Crippen molar-refractivity contribution in [3.8, 4) is 17.0 Å². The molecule has 1 aromatic carbocycles. The summed E-state index contributed by atoms with van der Waals surface area (Å²) >= 11 is 0. The number of aromatic nitrogens is 2. The number of rotatable bonds is 2. The molecule has 0 aliphatic heterocycles. The monoisotopic (exact) mass is 235 g/mol.